The Hall–Kier alpha value is -0.610. The minimum atomic E-state index is 0.635. The molecule has 1 aliphatic carbocycles. The van der Waals surface area contributed by atoms with Crippen molar-refractivity contribution >= 4 is 16.5 Å². The average Bonchev–Trinajstić information content (AvgIpc) is 3.16. The molecule has 1 unspecified atom stereocenters. The van der Waals surface area contributed by atoms with E-state index in [0.717, 1.165) is 5.92 Å². The topological polar surface area (TPSA) is 42.2 Å². The van der Waals surface area contributed by atoms with Crippen LogP contribution in [0.25, 0.3) is 0 Å². The molecule has 2 fully saturated rings. The van der Waals surface area contributed by atoms with Crippen molar-refractivity contribution in [3.63, 3.8) is 0 Å². The monoisotopic (exact) mass is 265 g/mol. The molecular formula is C14H23N3S. The van der Waals surface area contributed by atoms with Gasteiger partial charge < -0.3 is 10.6 Å². The van der Waals surface area contributed by atoms with E-state index < -0.39 is 0 Å². The van der Waals surface area contributed by atoms with E-state index >= 15 is 0 Å². The summed E-state index contributed by atoms with van der Waals surface area (Å²) in [5, 5.41) is 1.23. The number of nitrogens with two attached hydrogens (primary N) is 1. The molecule has 0 radical (unpaired) electrons. The summed E-state index contributed by atoms with van der Waals surface area (Å²) in [5.74, 6) is 0.718. The highest BCUT2D eigenvalue weighted by Gasteiger charge is 2.31. The van der Waals surface area contributed by atoms with Crippen molar-refractivity contribution in [3.05, 3.63) is 10.6 Å². The Labute approximate surface area is 113 Å². The van der Waals surface area contributed by atoms with Gasteiger partial charge >= 0.3 is 0 Å². The van der Waals surface area contributed by atoms with E-state index in [-0.39, 0.29) is 0 Å². The van der Waals surface area contributed by atoms with Crippen LogP contribution in [0.5, 0.6) is 0 Å². The fourth-order valence-electron chi connectivity index (χ4n) is 2.85. The first kappa shape index (κ1) is 12.4. The lowest BCUT2D eigenvalue weighted by atomic mass is 10.1. The first-order chi connectivity index (χ1) is 8.79. The van der Waals surface area contributed by atoms with Gasteiger partial charge in [-0.15, -0.1) is 11.3 Å². The molecule has 0 amide bonds. The normalized spacial score (nSPS) is 25.2. The molecule has 2 heterocycles. The molecule has 0 bridgehead atoms. The minimum absolute atomic E-state index is 0.635. The highest BCUT2D eigenvalue weighted by molar-refractivity contribution is 7.15. The lowest BCUT2D eigenvalue weighted by Crippen LogP contribution is -2.32. The molecule has 1 atom stereocenters. The molecular weight excluding hydrogens is 242 g/mol. The minimum Gasteiger partial charge on any atom is -0.345 e. The van der Waals surface area contributed by atoms with E-state index in [1.807, 2.05) is 11.3 Å². The number of hydrogen-bond donors (Lipinski definition) is 1. The number of anilines is 1. The third kappa shape index (κ3) is 2.41. The van der Waals surface area contributed by atoms with Gasteiger partial charge in [-0.25, -0.2) is 4.98 Å². The summed E-state index contributed by atoms with van der Waals surface area (Å²) in [6.45, 7) is 4.17. The number of nitrogens with zero attached hydrogens (tertiary/aromatic N) is 2. The van der Waals surface area contributed by atoms with Crippen molar-refractivity contribution in [1.82, 2.24) is 4.98 Å². The summed E-state index contributed by atoms with van der Waals surface area (Å²) in [7, 11) is 0. The summed E-state index contributed by atoms with van der Waals surface area (Å²) in [5.41, 5.74) is 7.19. The second-order valence-electron chi connectivity index (χ2n) is 5.68. The standard InChI is InChI=1S/C14H23N3S/c1-10-5-3-2-4-8-17(10)14-16-13(11-6-7-11)12(9-15)18-14/h10-11H,2-9,15H2,1H3. The van der Waals surface area contributed by atoms with Crippen LogP contribution in [0.1, 0.15) is 61.9 Å². The van der Waals surface area contributed by atoms with Crippen molar-refractivity contribution < 1.29 is 0 Å². The first-order valence-corrected chi connectivity index (χ1v) is 8.07. The van der Waals surface area contributed by atoms with Gasteiger partial charge in [-0.2, -0.15) is 0 Å². The molecule has 100 valence electrons. The first-order valence-electron chi connectivity index (χ1n) is 7.26. The lowest BCUT2D eigenvalue weighted by Gasteiger charge is -2.26. The molecule has 18 heavy (non-hydrogen) atoms. The second kappa shape index (κ2) is 5.17. The Morgan fingerprint density at radius 3 is 2.83 bits per heavy atom. The van der Waals surface area contributed by atoms with Gasteiger partial charge in [-0.1, -0.05) is 12.8 Å². The lowest BCUT2D eigenvalue weighted by molar-refractivity contribution is 0.614. The van der Waals surface area contributed by atoms with E-state index in [4.69, 9.17) is 10.7 Å². The Balaban J connectivity index is 1.85. The van der Waals surface area contributed by atoms with Crippen LogP contribution in [-0.2, 0) is 6.54 Å². The Bertz CT molecular complexity index is 411. The molecule has 1 aliphatic heterocycles. The maximum absolute atomic E-state index is 5.88. The van der Waals surface area contributed by atoms with Gasteiger partial charge in [0.15, 0.2) is 5.13 Å². The van der Waals surface area contributed by atoms with Crippen LogP contribution in [0.15, 0.2) is 0 Å². The van der Waals surface area contributed by atoms with Gasteiger partial charge in [0, 0.05) is 29.9 Å². The van der Waals surface area contributed by atoms with Crippen LogP contribution in [0.2, 0.25) is 0 Å². The molecule has 1 saturated carbocycles. The predicted octanol–water partition coefficient (Wildman–Crippen LogP) is 3.25. The zero-order valence-corrected chi connectivity index (χ0v) is 12.0. The van der Waals surface area contributed by atoms with Crippen LogP contribution >= 0.6 is 11.3 Å². The summed E-state index contributed by atoms with van der Waals surface area (Å²) in [6, 6.07) is 0.635. The molecule has 4 heteroatoms. The van der Waals surface area contributed by atoms with Crippen molar-refractivity contribution in [2.75, 3.05) is 11.4 Å². The van der Waals surface area contributed by atoms with Crippen molar-refractivity contribution in [2.45, 2.75) is 64.0 Å². The van der Waals surface area contributed by atoms with Crippen LogP contribution < -0.4 is 10.6 Å². The smallest absolute Gasteiger partial charge is 0.186 e. The second-order valence-corrected chi connectivity index (χ2v) is 6.74. The van der Waals surface area contributed by atoms with Gasteiger partial charge in [0.25, 0.3) is 0 Å². The third-order valence-corrected chi connectivity index (χ3v) is 5.29. The highest BCUT2D eigenvalue weighted by Crippen LogP contribution is 2.44. The van der Waals surface area contributed by atoms with Crippen LogP contribution in [0.4, 0.5) is 5.13 Å². The molecule has 1 saturated heterocycles. The van der Waals surface area contributed by atoms with E-state index in [1.54, 1.807) is 0 Å². The number of aromatic nitrogens is 1. The SMILES string of the molecule is CC1CCCCCN1c1nc(C2CC2)c(CN)s1. The molecule has 2 N–H and O–H groups in total. The van der Waals surface area contributed by atoms with Gasteiger partial charge in [0.05, 0.1) is 5.69 Å². The average molecular weight is 265 g/mol. The van der Waals surface area contributed by atoms with Crippen LogP contribution in [-0.4, -0.2) is 17.6 Å². The summed E-state index contributed by atoms with van der Waals surface area (Å²) < 4.78 is 0. The fraction of sp³-hybridized carbons (Fsp3) is 0.786. The highest BCUT2D eigenvalue weighted by atomic mass is 32.1. The largest absolute Gasteiger partial charge is 0.345 e. The summed E-state index contributed by atoms with van der Waals surface area (Å²) >= 11 is 1.84. The zero-order chi connectivity index (χ0) is 12.5. The maximum Gasteiger partial charge on any atom is 0.186 e. The maximum atomic E-state index is 5.88. The third-order valence-electron chi connectivity index (χ3n) is 4.16. The summed E-state index contributed by atoms with van der Waals surface area (Å²) in [4.78, 5) is 8.76. The van der Waals surface area contributed by atoms with Gasteiger partial charge in [-0.3, -0.25) is 0 Å². The molecule has 2 aliphatic rings. The van der Waals surface area contributed by atoms with Gasteiger partial charge in [-0.05, 0) is 32.6 Å². The zero-order valence-electron chi connectivity index (χ0n) is 11.2. The molecule has 0 aromatic carbocycles. The molecule has 0 spiro atoms. The van der Waals surface area contributed by atoms with E-state index in [1.165, 1.54) is 60.8 Å². The van der Waals surface area contributed by atoms with E-state index in [2.05, 4.69) is 11.8 Å². The fourth-order valence-corrected chi connectivity index (χ4v) is 4.01. The number of rotatable bonds is 3. The molecule has 3 rings (SSSR count). The quantitative estimate of drug-likeness (QED) is 0.912. The van der Waals surface area contributed by atoms with Crippen LogP contribution in [0.3, 0.4) is 0 Å². The van der Waals surface area contributed by atoms with E-state index in [9.17, 15) is 0 Å². The Morgan fingerprint density at radius 1 is 1.28 bits per heavy atom. The van der Waals surface area contributed by atoms with Gasteiger partial charge in [0.1, 0.15) is 0 Å². The molecule has 1 aromatic heterocycles. The Kier molecular flexibility index (Phi) is 3.57. The van der Waals surface area contributed by atoms with Crippen molar-refractivity contribution in [3.8, 4) is 0 Å². The van der Waals surface area contributed by atoms with Crippen molar-refractivity contribution in [1.29, 1.82) is 0 Å². The van der Waals surface area contributed by atoms with Gasteiger partial charge in [0.2, 0.25) is 0 Å². The summed E-state index contributed by atoms with van der Waals surface area (Å²) in [6.07, 6.45) is 7.96. The van der Waals surface area contributed by atoms with Crippen molar-refractivity contribution in [2.24, 2.45) is 5.73 Å². The van der Waals surface area contributed by atoms with Crippen LogP contribution in [0, 0.1) is 0 Å². The Morgan fingerprint density at radius 2 is 2.11 bits per heavy atom. The predicted molar refractivity (Wildman–Crippen MR) is 77.3 cm³/mol. The number of hydrogen-bond acceptors (Lipinski definition) is 4. The molecule has 3 nitrogen and oxygen atoms in total. The van der Waals surface area contributed by atoms with E-state index in [0.29, 0.717) is 12.6 Å². The molecule has 1 aromatic rings. The number of thiazole rings is 1.